The van der Waals surface area contributed by atoms with Crippen LogP contribution in [-0.2, 0) is 6.42 Å². The first-order valence-electron chi connectivity index (χ1n) is 4.19. The maximum absolute atomic E-state index is 10.3. The summed E-state index contributed by atoms with van der Waals surface area (Å²) in [6.07, 6.45) is 0.730. The molecule has 0 saturated carbocycles. The number of aryl methyl sites for hydroxylation is 1. The Hall–Kier alpha value is -1.40. The van der Waals surface area contributed by atoms with E-state index in [4.69, 9.17) is 10.0 Å². The van der Waals surface area contributed by atoms with Gasteiger partial charge in [-0.1, -0.05) is 12.1 Å². The fraction of sp³-hybridized carbons (Fsp3) is 0.250. The first-order valence-corrected chi connectivity index (χ1v) is 4.19. The average Bonchev–Trinajstić information content (AvgIpc) is 2.15. The van der Waals surface area contributed by atoms with Crippen LogP contribution in [0, 0.1) is 10.1 Å². The van der Waals surface area contributed by atoms with Crippen molar-refractivity contribution in [2.45, 2.75) is 12.7 Å². The molecule has 0 radical (unpaired) electrons. The van der Waals surface area contributed by atoms with Crippen molar-refractivity contribution in [1.82, 2.24) is 0 Å². The molecule has 1 aromatic carbocycles. The second kappa shape index (κ2) is 4.73. The van der Waals surface area contributed by atoms with Crippen LogP contribution in [0.4, 0.5) is 5.69 Å². The van der Waals surface area contributed by atoms with Crippen LogP contribution in [0.5, 0.6) is 0 Å². The zero-order valence-electron chi connectivity index (χ0n) is 7.46. The Bertz CT molecular complexity index is 312. The van der Waals surface area contributed by atoms with Crippen LogP contribution in [0.1, 0.15) is 5.56 Å². The molecule has 74 valence electrons. The van der Waals surface area contributed by atoms with Gasteiger partial charge >= 0.3 is 7.12 Å². The molecule has 2 N–H and O–H groups in total. The summed E-state index contributed by atoms with van der Waals surface area (Å²) in [5.74, 6) is 0. The van der Waals surface area contributed by atoms with Crippen molar-refractivity contribution in [1.29, 1.82) is 0 Å². The molecule has 0 aromatic heterocycles. The monoisotopic (exact) mass is 195 g/mol. The van der Waals surface area contributed by atoms with Crippen molar-refractivity contribution in [3.8, 4) is 0 Å². The van der Waals surface area contributed by atoms with E-state index in [0.29, 0.717) is 6.42 Å². The third kappa shape index (κ3) is 3.16. The van der Waals surface area contributed by atoms with Crippen LogP contribution in [0.25, 0.3) is 0 Å². The molecule has 0 heterocycles. The number of non-ortho nitro benzene ring substituents is 1. The first kappa shape index (κ1) is 10.7. The summed E-state index contributed by atoms with van der Waals surface area (Å²) in [6.45, 7) is 0. The van der Waals surface area contributed by atoms with E-state index in [0.717, 1.165) is 5.56 Å². The van der Waals surface area contributed by atoms with Crippen molar-refractivity contribution < 1.29 is 15.0 Å². The molecule has 0 saturated heterocycles. The summed E-state index contributed by atoms with van der Waals surface area (Å²) >= 11 is 0. The number of rotatable bonds is 4. The number of hydrogen-bond donors (Lipinski definition) is 2. The van der Waals surface area contributed by atoms with E-state index in [2.05, 4.69) is 0 Å². The van der Waals surface area contributed by atoms with E-state index in [-0.39, 0.29) is 12.0 Å². The molecule has 0 aliphatic rings. The molecule has 0 aliphatic heterocycles. The summed E-state index contributed by atoms with van der Waals surface area (Å²) in [5, 5.41) is 27.5. The maximum atomic E-state index is 10.3. The molecule has 0 fully saturated rings. The Balaban J connectivity index is 2.60. The molecule has 0 atom stereocenters. The third-order valence-electron chi connectivity index (χ3n) is 1.84. The molecular formula is C8H10BNO4. The fourth-order valence-electron chi connectivity index (χ4n) is 1.08. The highest BCUT2D eigenvalue weighted by atomic mass is 16.6. The Morgan fingerprint density at radius 1 is 1.29 bits per heavy atom. The minimum absolute atomic E-state index is 0.0401. The lowest BCUT2D eigenvalue weighted by Crippen LogP contribution is -2.11. The van der Waals surface area contributed by atoms with Crippen LogP contribution >= 0.6 is 0 Å². The van der Waals surface area contributed by atoms with Gasteiger partial charge in [-0.05, 0) is 18.3 Å². The number of hydrogen-bond acceptors (Lipinski definition) is 4. The van der Waals surface area contributed by atoms with Gasteiger partial charge in [0.1, 0.15) is 0 Å². The predicted octanol–water partition coefficient (Wildman–Crippen LogP) is 0.610. The number of nitro benzene ring substituents is 1. The molecule has 1 aromatic rings. The summed E-state index contributed by atoms with van der Waals surface area (Å²) in [4.78, 5) is 9.84. The fourth-order valence-corrected chi connectivity index (χ4v) is 1.08. The van der Waals surface area contributed by atoms with Gasteiger partial charge in [-0.3, -0.25) is 10.1 Å². The molecule has 0 amide bonds. The molecular weight excluding hydrogens is 185 g/mol. The topological polar surface area (TPSA) is 83.6 Å². The van der Waals surface area contributed by atoms with Gasteiger partial charge in [-0.2, -0.15) is 0 Å². The molecule has 0 aliphatic carbocycles. The van der Waals surface area contributed by atoms with Gasteiger partial charge in [-0.15, -0.1) is 0 Å². The zero-order chi connectivity index (χ0) is 10.6. The minimum Gasteiger partial charge on any atom is -0.427 e. The maximum Gasteiger partial charge on any atom is 0.451 e. The van der Waals surface area contributed by atoms with Crippen molar-refractivity contribution in [2.75, 3.05) is 0 Å². The van der Waals surface area contributed by atoms with E-state index >= 15 is 0 Å². The van der Waals surface area contributed by atoms with Gasteiger partial charge in [0, 0.05) is 12.1 Å². The average molecular weight is 195 g/mol. The minimum atomic E-state index is -1.33. The molecule has 1 rings (SSSR count). The van der Waals surface area contributed by atoms with Gasteiger partial charge in [-0.25, -0.2) is 0 Å². The molecule has 0 unspecified atom stereocenters. The molecule has 0 bridgehead atoms. The Labute approximate surface area is 81.3 Å². The standard InChI is InChI=1S/C8H10BNO4/c11-9(12)6-5-7-1-3-8(4-2-7)10(13)14/h1-4,11-12H,5-6H2. The number of nitrogens with zero attached hydrogens (tertiary/aromatic N) is 1. The van der Waals surface area contributed by atoms with E-state index in [1.807, 2.05) is 0 Å². The normalized spacial score (nSPS) is 9.86. The Morgan fingerprint density at radius 3 is 2.29 bits per heavy atom. The number of nitro groups is 1. The molecule has 14 heavy (non-hydrogen) atoms. The summed E-state index contributed by atoms with van der Waals surface area (Å²) in [6, 6.07) is 6.03. The van der Waals surface area contributed by atoms with Crippen molar-refractivity contribution in [2.24, 2.45) is 0 Å². The first-order chi connectivity index (χ1) is 6.59. The van der Waals surface area contributed by atoms with Crippen molar-refractivity contribution in [3.63, 3.8) is 0 Å². The quantitative estimate of drug-likeness (QED) is 0.418. The van der Waals surface area contributed by atoms with Gasteiger partial charge in [0.25, 0.3) is 5.69 Å². The summed E-state index contributed by atoms with van der Waals surface area (Å²) in [7, 11) is -1.33. The zero-order valence-corrected chi connectivity index (χ0v) is 7.46. The van der Waals surface area contributed by atoms with Crippen LogP contribution < -0.4 is 0 Å². The van der Waals surface area contributed by atoms with Crippen LogP contribution in [0.2, 0.25) is 6.32 Å². The second-order valence-electron chi connectivity index (χ2n) is 2.94. The van der Waals surface area contributed by atoms with Crippen LogP contribution in [0.3, 0.4) is 0 Å². The predicted molar refractivity (Wildman–Crippen MR) is 51.8 cm³/mol. The highest BCUT2D eigenvalue weighted by molar-refractivity contribution is 6.40. The van der Waals surface area contributed by atoms with E-state index in [1.165, 1.54) is 12.1 Å². The van der Waals surface area contributed by atoms with Gasteiger partial charge < -0.3 is 10.0 Å². The largest absolute Gasteiger partial charge is 0.451 e. The highest BCUT2D eigenvalue weighted by Gasteiger charge is 2.08. The van der Waals surface area contributed by atoms with Gasteiger partial charge in [0.2, 0.25) is 0 Å². The Morgan fingerprint density at radius 2 is 1.86 bits per heavy atom. The molecule has 6 heteroatoms. The van der Waals surface area contributed by atoms with Crippen molar-refractivity contribution >= 4 is 12.8 Å². The lowest BCUT2D eigenvalue weighted by molar-refractivity contribution is -0.384. The Kier molecular flexibility index (Phi) is 3.61. The smallest absolute Gasteiger partial charge is 0.427 e. The van der Waals surface area contributed by atoms with Gasteiger partial charge in [0.15, 0.2) is 0 Å². The van der Waals surface area contributed by atoms with Crippen LogP contribution in [0.15, 0.2) is 24.3 Å². The lowest BCUT2D eigenvalue weighted by atomic mass is 9.83. The van der Waals surface area contributed by atoms with E-state index in [1.54, 1.807) is 12.1 Å². The number of benzene rings is 1. The second-order valence-corrected chi connectivity index (χ2v) is 2.94. The molecule has 0 spiro atoms. The highest BCUT2D eigenvalue weighted by Crippen LogP contribution is 2.13. The van der Waals surface area contributed by atoms with Crippen LogP contribution in [-0.4, -0.2) is 22.1 Å². The van der Waals surface area contributed by atoms with Gasteiger partial charge in [0.05, 0.1) is 4.92 Å². The summed E-state index contributed by atoms with van der Waals surface area (Å²) in [5.41, 5.74) is 0.891. The lowest BCUT2D eigenvalue weighted by Gasteiger charge is -1.99. The van der Waals surface area contributed by atoms with E-state index in [9.17, 15) is 10.1 Å². The van der Waals surface area contributed by atoms with E-state index < -0.39 is 12.0 Å². The summed E-state index contributed by atoms with van der Waals surface area (Å²) < 4.78 is 0. The third-order valence-corrected chi connectivity index (χ3v) is 1.84. The SMILES string of the molecule is O=[N+]([O-])c1ccc(CCB(O)O)cc1. The van der Waals surface area contributed by atoms with Crippen molar-refractivity contribution in [3.05, 3.63) is 39.9 Å². The molecule has 5 nitrogen and oxygen atoms in total.